The molecule has 2 N–H and O–H groups in total. The number of benzene rings is 1. The van der Waals surface area contributed by atoms with Crippen LogP contribution < -0.4 is 5.32 Å². The number of hydrogen-bond donors (Lipinski definition) is 2. The number of Topliss-reactive ketones (excluding diaryl/α,β-unsaturated/α-hetero) is 2. The summed E-state index contributed by atoms with van der Waals surface area (Å²) in [6.45, 7) is 1.11. The van der Waals surface area contributed by atoms with Gasteiger partial charge in [0.15, 0.2) is 11.6 Å². The summed E-state index contributed by atoms with van der Waals surface area (Å²) in [5, 5.41) is 3.18. The van der Waals surface area contributed by atoms with E-state index in [4.69, 9.17) is 27.9 Å². The molecule has 1 atom stereocenters. The molecule has 0 saturated heterocycles. The molecule has 156 valence electrons. The van der Waals surface area contributed by atoms with Crippen molar-refractivity contribution < 1.29 is 28.7 Å². The van der Waals surface area contributed by atoms with Crippen LogP contribution in [0.1, 0.15) is 33.3 Å². The molecule has 2 rings (SSSR count). The Morgan fingerprint density at radius 3 is 2.41 bits per heavy atom. The van der Waals surface area contributed by atoms with Crippen molar-refractivity contribution in [2.45, 2.75) is 19.4 Å². The molecule has 0 bridgehead atoms. The van der Waals surface area contributed by atoms with Gasteiger partial charge in [0.25, 0.3) is 0 Å². The number of carbonyl (C=O) groups excluding carboxylic acids is 4. The third-order valence-electron chi connectivity index (χ3n) is 4.20. The highest BCUT2D eigenvalue weighted by atomic mass is 35.5. The summed E-state index contributed by atoms with van der Waals surface area (Å²) in [5.41, 5.74) is 1.78. The normalized spacial score (nSPS) is 11.7. The number of ether oxygens (including phenoxy) is 2. The van der Waals surface area contributed by atoms with Crippen LogP contribution in [0, 0.1) is 0 Å². The fourth-order valence-corrected chi connectivity index (χ4v) is 3.14. The molecule has 0 spiro atoms. The first-order chi connectivity index (χ1) is 13.8. The standard InChI is InChI=1S/C19H20Cl2N2O6/c1-10(24)29-9-12(22-19(27)28-2)6-14-13-5-11(16(25)7-20)3-4-15(13)23-18(14)17(26)8-21/h3-5,12,23H,6-9H2,1-2H3,(H,22,27)/t12-/m0/s1. The minimum absolute atomic E-state index is 0.124. The summed E-state index contributed by atoms with van der Waals surface area (Å²) in [5.74, 6) is -1.58. The molecule has 1 heterocycles. The molecular weight excluding hydrogens is 423 g/mol. The van der Waals surface area contributed by atoms with Gasteiger partial charge < -0.3 is 19.8 Å². The van der Waals surface area contributed by atoms with Gasteiger partial charge in [-0.05, 0) is 30.2 Å². The van der Waals surface area contributed by atoms with Crippen LogP contribution in [0.3, 0.4) is 0 Å². The van der Waals surface area contributed by atoms with E-state index >= 15 is 0 Å². The van der Waals surface area contributed by atoms with Gasteiger partial charge in [-0.3, -0.25) is 14.4 Å². The maximum Gasteiger partial charge on any atom is 0.407 e. The Balaban J connectivity index is 2.51. The number of carbonyl (C=O) groups is 4. The predicted molar refractivity (Wildman–Crippen MR) is 108 cm³/mol. The van der Waals surface area contributed by atoms with Crippen molar-refractivity contribution in [1.29, 1.82) is 0 Å². The van der Waals surface area contributed by atoms with E-state index in [9.17, 15) is 19.2 Å². The highest BCUT2D eigenvalue weighted by Crippen LogP contribution is 2.26. The smallest absolute Gasteiger partial charge is 0.407 e. The van der Waals surface area contributed by atoms with Gasteiger partial charge in [0, 0.05) is 23.4 Å². The van der Waals surface area contributed by atoms with Gasteiger partial charge in [-0.1, -0.05) is 0 Å². The number of amides is 1. The average molecular weight is 443 g/mol. The molecule has 1 aromatic heterocycles. The van der Waals surface area contributed by atoms with E-state index < -0.39 is 18.1 Å². The SMILES string of the molecule is COC(=O)N[C@H](COC(C)=O)Cc1c(C(=O)CCl)[nH]c2ccc(C(=O)CCl)cc12. The second-order valence-corrected chi connectivity index (χ2v) is 6.73. The van der Waals surface area contributed by atoms with E-state index in [-0.39, 0.29) is 42.0 Å². The topological polar surface area (TPSA) is 115 Å². The number of esters is 1. The van der Waals surface area contributed by atoms with Crippen molar-refractivity contribution in [2.24, 2.45) is 0 Å². The minimum atomic E-state index is -0.717. The first-order valence-electron chi connectivity index (χ1n) is 8.61. The summed E-state index contributed by atoms with van der Waals surface area (Å²) in [7, 11) is 1.20. The van der Waals surface area contributed by atoms with Crippen LogP contribution in [0.4, 0.5) is 4.79 Å². The Morgan fingerprint density at radius 2 is 1.83 bits per heavy atom. The van der Waals surface area contributed by atoms with Gasteiger partial charge in [0.2, 0.25) is 0 Å². The molecule has 8 nitrogen and oxygen atoms in total. The lowest BCUT2D eigenvalue weighted by Gasteiger charge is -2.18. The molecule has 0 fully saturated rings. The molecule has 10 heteroatoms. The molecule has 0 aliphatic carbocycles. The molecule has 2 aromatic rings. The van der Waals surface area contributed by atoms with Gasteiger partial charge in [-0.15, -0.1) is 23.2 Å². The summed E-state index contributed by atoms with van der Waals surface area (Å²) in [6, 6.07) is 4.21. The van der Waals surface area contributed by atoms with Crippen LogP contribution in [0.15, 0.2) is 18.2 Å². The number of halogens is 2. The number of aromatic amines is 1. The van der Waals surface area contributed by atoms with Crippen LogP contribution in [0.25, 0.3) is 10.9 Å². The van der Waals surface area contributed by atoms with Crippen LogP contribution in [-0.4, -0.2) is 60.1 Å². The molecule has 1 aromatic carbocycles. The molecule has 29 heavy (non-hydrogen) atoms. The van der Waals surface area contributed by atoms with Crippen molar-refractivity contribution in [3.05, 3.63) is 35.0 Å². The highest BCUT2D eigenvalue weighted by molar-refractivity contribution is 6.31. The van der Waals surface area contributed by atoms with Gasteiger partial charge in [-0.2, -0.15) is 0 Å². The number of H-pyrrole nitrogens is 1. The van der Waals surface area contributed by atoms with Gasteiger partial charge in [-0.25, -0.2) is 4.79 Å². The zero-order valence-corrected chi connectivity index (χ0v) is 17.4. The lowest BCUT2D eigenvalue weighted by atomic mass is 9.99. The zero-order chi connectivity index (χ0) is 21.6. The third-order valence-corrected chi connectivity index (χ3v) is 4.68. The first kappa shape index (κ1) is 22.7. The van der Waals surface area contributed by atoms with Crippen LogP contribution in [0.2, 0.25) is 0 Å². The van der Waals surface area contributed by atoms with Crippen LogP contribution in [0.5, 0.6) is 0 Å². The lowest BCUT2D eigenvalue weighted by Crippen LogP contribution is -2.40. The number of alkyl halides is 2. The summed E-state index contributed by atoms with van der Waals surface area (Å²) in [6.07, 6.45) is -0.594. The average Bonchev–Trinajstić information content (AvgIpc) is 3.08. The number of ketones is 2. The van der Waals surface area contributed by atoms with E-state index in [1.165, 1.54) is 14.0 Å². The fourth-order valence-electron chi connectivity index (χ4n) is 2.86. The Morgan fingerprint density at radius 1 is 1.14 bits per heavy atom. The van der Waals surface area contributed by atoms with Crippen molar-refractivity contribution in [1.82, 2.24) is 10.3 Å². The zero-order valence-electron chi connectivity index (χ0n) is 15.8. The van der Waals surface area contributed by atoms with E-state index in [1.807, 2.05) is 0 Å². The molecule has 0 unspecified atom stereocenters. The van der Waals surface area contributed by atoms with Gasteiger partial charge in [0.1, 0.15) is 6.61 Å². The fraction of sp³-hybridized carbons (Fsp3) is 0.368. The van der Waals surface area contributed by atoms with Crippen molar-refractivity contribution >= 4 is 57.7 Å². The molecular formula is C19H20Cl2N2O6. The van der Waals surface area contributed by atoms with E-state index in [1.54, 1.807) is 18.2 Å². The third kappa shape index (κ3) is 5.71. The first-order valence-corrected chi connectivity index (χ1v) is 9.68. The van der Waals surface area contributed by atoms with Crippen LogP contribution in [-0.2, 0) is 20.7 Å². The molecule has 0 aliphatic heterocycles. The number of aromatic nitrogens is 1. The summed E-state index contributed by atoms with van der Waals surface area (Å²) < 4.78 is 9.63. The Labute approximate surface area is 176 Å². The number of fused-ring (bicyclic) bond motifs is 1. The van der Waals surface area contributed by atoms with Crippen molar-refractivity contribution in [3.8, 4) is 0 Å². The highest BCUT2D eigenvalue weighted by Gasteiger charge is 2.23. The maximum absolute atomic E-state index is 12.4. The van der Waals surface area contributed by atoms with E-state index in [0.29, 0.717) is 22.0 Å². The second-order valence-electron chi connectivity index (χ2n) is 6.19. The number of hydrogen-bond acceptors (Lipinski definition) is 6. The summed E-state index contributed by atoms with van der Waals surface area (Å²) in [4.78, 5) is 50.2. The number of rotatable bonds is 9. The number of nitrogens with one attached hydrogen (secondary N) is 2. The van der Waals surface area contributed by atoms with Crippen molar-refractivity contribution in [3.63, 3.8) is 0 Å². The number of alkyl carbamates (subject to hydrolysis) is 1. The molecule has 0 aliphatic rings. The minimum Gasteiger partial charge on any atom is -0.464 e. The molecule has 0 saturated carbocycles. The Bertz CT molecular complexity index is 940. The Kier molecular flexibility index (Phi) is 8.04. The quantitative estimate of drug-likeness (QED) is 0.350. The van der Waals surface area contributed by atoms with E-state index in [2.05, 4.69) is 15.0 Å². The Hall–Kier alpha value is -2.58. The summed E-state index contributed by atoms with van der Waals surface area (Å²) >= 11 is 11.4. The maximum atomic E-state index is 12.4. The van der Waals surface area contributed by atoms with E-state index in [0.717, 1.165) is 0 Å². The lowest BCUT2D eigenvalue weighted by molar-refractivity contribution is -0.141. The molecule has 0 radical (unpaired) electrons. The predicted octanol–water partition coefficient (Wildman–Crippen LogP) is 2.84. The van der Waals surface area contributed by atoms with Crippen molar-refractivity contribution in [2.75, 3.05) is 25.5 Å². The second kappa shape index (κ2) is 10.3. The van der Waals surface area contributed by atoms with Crippen LogP contribution >= 0.6 is 23.2 Å². The monoisotopic (exact) mass is 442 g/mol. The van der Waals surface area contributed by atoms with Gasteiger partial charge >= 0.3 is 12.1 Å². The van der Waals surface area contributed by atoms with Gasteiger partial charge in [0.05, 0.1) is 30.6 Å². The molecule has 1 amide bonds. The largest absolute Gasteiger partial charge is 0.464 e. The number of methoxy groups -OCH3 is 1.